The van der Waals surface area contributed by atoms with Crippen LogP contribution in [0.5, 0.6) is 0 Å². The van der Waals surface area contributed by atoms with Crippen LogP contribution in [0.25, 0.3) is 0 Å². The maximum Gasteiger partial charge on any atom is 0.304 e. The van der Waals surface area contributed by atoms with Gasteiger partial charge in [-0.05, 0) is 12.1 Å². The highest BCUT2D eigenvalue weighted by molar-refractivity contribution is 5.67. The largest absolute Gasteiger partial charge is 0.481 e. The molecule has 5 heteroatoms. The first-order chi connectivity index (χ1) is 6.63. The molecule has 14 heavy (non-hydrogen) atoms. The van der Waals surface area contributed by atoms with E-state index in [1.165, 1.54) is 12.1 Å². The summed E-state index contributed by atoms with van der Waals surface area (Å²) in [5.74, 6) is -1.74. The molecule has 0 saturated heterocycles. The van der Waals surface area contributed by atoms with Gasteiger partial charge < -0.3 is 10.8 Å². The van der Waals surface area contributed by atoms with E-state index in [0.717, 1.165) is 6.20 Å². The Kier molecular flexibility index (Phi) is 3.53. The molecule has 0 spiro atoms. The third kappa shape index (κ3) is 2.77. The van der Waals surface area contributed by atoms with Crippen molar-refractivity contribution in [2.75, 3.05) is 6.54 Å². The van der Waals surface area contributed by atoms with Crippen LogP contribution in [-0.4, -0.2) is 22.6 Å². The molecule has 1 aromatic rings. The number of nitrogens with zero attached hydrogens (tertiary/aromatic N) is 1. The third-order valence-electron chi connectivity index (χ3n) is 1.87. The molecule has 4 nitrogen and oxygen atoms in total. The molecule has 0 aliphatic carbocycles. The van der Waals surface area contributed by atoms with Crippen LogP contribution in [0.2, 0.25) is 0 Å². The summed E-state index contributed by atoms with van der Waals surface area (Å²) in [6.07, 6.45) is 0.967. The molecule has 0 aliphatic rings. The van der Waals surface area contributed by atoms with Gasteiger partial charge in [-0.3, -0.25) is 9.78 Å². The van der Waals surface area contributed by atoms with Gasteiger partial charge >= 0.3 is 5.97 Å². The lowest BCUT2D eigenvalue weighted by molar-refractivity contribution is -0.137. The monoisotopic (exact) mass is 198 g/mol. The Balaban J connectivity index is 2.78. The summed E-state index contributed by atoms with van der Waals surface area (Å²) in [4.78, 5) is 14.2. The highest BCUT2D eigenvalue weighted by Gasteiger charge is 2.14. The molecule has 0 fully saturated rings. The van der Waals surface area contributed by atoms with E-state index in [9.17, 15) is 9.18 Å². The number of aliphatic carboxylic acids is 1. The summed E-state index contributed by atoms with van der Waals surface area (Å²) in [5.41, 5.74) is 5.90. The summed E-state index contributed by atoms with van der Waals surface area (Å²) in [6.45, 7) is 0.185. The second kappa shape index (κ2) is 4.66. The molecule has 1 heterocycles. The van der Waals surface area contributed by atoms with Crippen molar-refractivity contribution >= 4 is 5.97 Å². The molecular weight excluding hydrogens is 187 g/mol. The minimum Gasteiger partial charge on any atom is -0.481 e. The number of nitrogens with two attached hydrogens (primary N) is 1. The zero-order valence-corrected chi connectivity index (χ0v) is 7.48. The second-order valence-electron chi connectivity index (χ2n) is 2.93. The Morgan fingerprint density at radius 3 is 2.79 bits per heavy atom. The van der Waals surface area contributed by atoms with E-state index in [-0.39, 0.29) is 18.9 Å². The predicted octanol–water partition coefficient (Wildman–Crippen LogP) is 0.738. The summed E-state index contributed by atoms with van der Waals surface area (Å²) in [7, 11) is 0. The van der Waals surface area contributed by atoms with Gasteiger partial charge in [-0.2, -0.15) is 0 Å². The molecule has 0 bridgehead atoms. The van der Waals surface area contributed by atoms with Crippen molar-refractivity contribution in [3.05, 3.63) is 29.8 Å². The predicted molar refractivity (Wildman–Crippen MR) is 48.2 cm³/mol. The average Bonchev–Trinajstić information content (AvgIpc) is 2.15. The number of rotatable bonds is 4. The normalized spacial score (nSPS) is 12.4. The number of carboxylic acid groups (broad SMARTS) is 1. The van der Waals surface area contributed by atoms with Crippen LogP contribution >= 0.6 is 0 Å². The molecule has 3 N–H and O–H groups in total. The Morgan fingerprint density at radius 2 is 2.36 bits per heavy atom. The van der Waals surface area contributed by atoms with Gasteiger partial charge in [0.15, 0.2) is 0 Å². The topological polar surface area (TPSA) is 76.2 Å². The molecule has 1 aromatic heterocycles. The molecule has 0 radical (unpaired) electrons. The van der Waals surface area contributed by atoms with Gasteiger partial charge in [0.05, 0.1) is 12.6 Å². The third-order valence-corrected chi connectivity index (χ3v) is 1.87. The number of carboxylic acids is 1. The SMILES string of the molecule is NCC(CC(=O)O)c1ccc(F)cn1. The van der Waals surface area contributed by atoms with Crippen molar-refractivity contribution < 1.29 is 14.3 Å². The summed E-state index contributed by atoms with van der Waals surface area (Å²) < 4.78 is 12.5. The van der Waals surface area contributed by atoms with Crippen LogP contribution in [0, 0.1) is 5.82 Å². The van der Waals surface area contributed by atoms with Gasteiger partial charge in [0, 0.05) is 18.2 Å². The van der Waals surface area contributed by atoms with Gasteiger partial charge in [-0.15, -0.1) is 0 Å². The fraction of sp³-hybridized carbons (Fsp3) is 0.333. The molecule has 0 amide bonds. The van der Waals surface area contributed by atoms with E-state index < -0.39 is 11.8 Å². The quantitative estimate of drug-likeness (QED) is 0.748. The maximum absolute atomic E-state index is 12.5. The Bertz CT molecular complexity index is 313. The summed E-state index contributed by atoms with van der Waals surface area (Å²) in [6, 6.07) is 2.70. The average molecular weight is 198 g/mol. The fourth-order valence-electron chi connectivity index (χ4n) is 1.15. The number of halogens is 1. The van der Waals surface area contributed by atoms with Gasteiger partial charge in [0.1, 0.15) is 5.82 Å². The van der Waals surface area contributed by atoms with Crippen molar-refractivity contribution in [3.63, 3.8) is 0 Å². The molecule has 0 saturated carbocycles. The van der Waals surface area contributed by atoms with E-state index in [0.29, 0.717) is 5.69 Å². The molecule has 0 aromatic carbocycles. The summed E-state index contributed by atoms with van der Waals surface area (Å²) in [5, 5.41) is 8.57. The lowest BCUT2D eigenvalue weighted by Gasteiger charge is -2.10. The molecule has 1 atom stereocenters. The standard InChI is InChI=1S/C9H11FN2O2/c10-7-1-2-8(12-5-7)6(4-11)3-9(13)14/h1-2,5-6H,3-4,11H2,(H,13,14). The van der Waals surface area contributed by atoms with E-state index in [1.807, 2.05) is 0 Å². The lowest BCUT2D eigenvalue weighted by atomic mass is 10.0. The summed E-state index contributed by atoms with van der Waals surface area (Å²) >= 11 is 0. The van der Waals surface area contributed by atoms with Gasteiger partial charge in [0.2, 0.25) is 0 Å². The van der Waals surface area contributed by atoms with Crippen molar-refractivity contribution in [2.24, 2.45) is 5.73 Å². The van der Waals surface area contributed by atoms with E-state index in [1.54, 1.807) is 0 Å². The van der Waals surface area contributed by atoms with E-state index >= 15 is 0 Å². The number of carbonyl (C=O) groups is 1. The number of hydrogen-bond acceptors (Lipinski definition) is 3. The molecular formula is C9H11FN2O2. The fourth-order valence-corrected chi connectivity index (χ4v) is 1.15. The first-order valence-electron chi connectivity index (χ1n) is 4.16. The van der Waals surface area contributed by atoms with Crippen LogP contribution < -0.4 is 5.73 Å². The first-order valence-corrected chi connectivity index (χ1v) is 4.16. The van der Waals surface area contributed by atoms with Gasteiger partial charge in [0.25, 0.3) is 0 Å². The Labute approximate surface area is 80.6 Å². The van der Waals surface area contributed by atoms with Crippen molar-refractivity contribution in [3.8, 4) is 0 Å². The first kappa shape index (κ1) is 10.6. The Morgan fingerprint density at radius 1 is 1.64 bits per heavy atom. The van der Waals surface area contributed by atoms with E-state index in [2.05, 4.69) is 4.98 Å². The van der Waals surface area contributed by atoms with Crippen LogP contribution in [0.4, 0.5) is 4.39 Å². The van der Waals surface area contributed by atoms with Crippen LogP contribution in [0.15, 0.2) is 18.3 Å². The van der Waals surface area contributed by atoms with Crippen molar-refractivity contribution in [2.45, 2.75) is 12.3 Å². The zero-order valence-electron chi connectivity index (χ0n) is 7.48. The Hall–Kier alpha value is -1.49. The minimum atomic E-state index is -0.938. The molecule has 1 unspecified atom stereocenters. The smallest absolute Gasteiger partial charge is 0.304 e. The lowest BCUT2D eigenvalue weighted by Crippen LogP contribution is -2.17. The van der Waals surface area contributed by atoms with Crippen molar-refractivity contribution in [1.29, 1.82) is 0 Å². The highest BCUT2D eigenvalue weighted by atomic mass is 19.1. The van der Waals surface area contributed by atoms with E-state index in [4.69, 9.17) is 10.8 Å². The van der Waals surface area contributed by atoms with Crippen LogP contribution in [-0.2, 0) is 4.79 Å². The second-order valence-corrected chi connectivity index (χ2v) is 2.93. The number of aromatic nitrogens is 1. The highest BCUT2D eigenvalue weighted by Crippen LogP contribution is 2.15. The maximum atomic E-state index is 12.5. The van der Waals surface area contributed by atoms with Gasteiger partial charge in [-0.25, -0.2) is 4.39 Å². The van der Waals surface area contributed by atoms with Crippen LogP contribution in [0.1, 0.15) is 18.0 Å². The van der Waals surface area contributed by atoms with Crippen molar-refractivity contribution in [1.82, 2.24) is 4.98 Å². The molecule has 76 valence electrons. The van der Waals surface area contributed by atoms with Crippen LogP contribution in [0.3, 0.4) is 0 Å². The number of pyridine rings is 1. The number of hydrogen-bond donors (Lipinski definition) is 2. The minimum absolute atomic E-state index is 0.0882. The molecule has 1 rings (SSSR count). The van der Waals surface area contributed by atoms with Gasteiger partial charge in [-0.1, -0.05) is 0 Å². The molecule has 0 aliphatic heterocycles. The zero-order chi connectivity index (χ0) is 10.6.